The van der Waals surface area contributed by atoms with Gasteiger partial charge in [0, 0.05) is 28.5 Å². The summed E-state index contributed by atoms with van der Waals surface area (Å²) in [5.41, 5.74) is 1.66. The number of imide groups is 1. The minimum absolute atomic E-state index is 0.0369. The van der Waals surface area contributed by atoms with E-state index in [1.54, 1.807) is 19.2 Å². The number of benzene rings is 2. The molecule has 0 radical (unpaired) electrons. The van der Waals surface area contributed by atoms with Gasteiger partial charge in [-0.05, 0) is 75.2 Å². The summed E-state index contributed by atoms with van der Waals surface area (Å²) in [7, 11) is 1.73. The Kier molecular flexibility index (Phi) is 6.49. The van der Waals surface area contributed by atoms with Crippen molar-refractivity contribution in [1.29, 1.82) is 0 Å². The molecule has 0 spiro atoms. The Balaban J connectivity index is 1.52. The van der Waals surface area contributed by atoms with E-state index < -0.39 is 23.7 Å². The number of amides is 4. The number of halogens is 2. The molecule has 11 heteroatoms. The van der Waals surface area contributed by atoms with Crippen LogP contribution in [0.15, 0.2) is 56.5 Å². The smallest absolute Gasteiger partial charge is 0.329 e. The fourth-order valence-electron chi connectivity index (χ4n) is 3.22. The molecule has 0 aliphatic carbocycles. The summed E-state index contributed by atoms with van der Waals surface area (Å²) < 4.78 is 19.0. The maximum Gasteiger partial charge on any atom is 0.329 e. The number of nitrogens with zero attached hydrogens (tertiary/aromatic N) is 1. The van der Waals surface area contributed by atoms with Crippen LogP contribution in [-0.4, -0.2) is 24.9 Å². The van der Waals surface area contributed by atoms with Gasteiger partial charge in [-0.3, -0.25) is 14.3 Å². The molecule has 164 valence electrons. The molecule has 0 saturated carbocycles. The van der Waals surface area contributed by atoms with Crippen LogP contribution in [-0.2, 0) is 11.2 Å². The number of carbonyl (C=O) groups excluding carboxylic acids is 3. The molecule has 4 rings (SSSR count). The van der Waals surface area contributed by atoms with Gasteiger partial charge in [0.2, 0.25) is 5.91 Å². The number of carbonyl (C=O) groups is 3. The zero-order valence-electron chi connectivity index (χ0n) is 16.6. The Morgan fingerprint density at radius 3 is 2.72 bits per heavy atom. The van der Waals surface area contributed by atoms with Gasteiger partial charge in [0.1, 0.15) is 5.82 Å². The van der Waals surface area contributed by atoms with Crippen molar-refractivity contribution in [2.75, 3.05) is 22.6 Å². The van der Waals surface area contributed by atoms with E-state index in [4.69, 9.17) is 0 Å². The largest absolute Gasteiger partial charge is 0.387 e. The molecule has 2 aromatic carbocycles. The maximum absolute atomic E-state index is 14.9. The van der Waals surface area contributed by atoms with Crippen LogP contribution in [0, 0.1) is 5.82 Å². The molecular formula is C21H16BrFN4O3S2. The number of hydrogen-bond donors (Lipinski definition) is 3. The van der Waals surface area contributed by atoms with E-state index in [0.29, 0.717) is 15.6 Å². The second-order valence-corrected chi connectivity index (χ2v) is 9.62. The first-order valence-corrected chi connectivity index (χ1v) is 11.8. The number of rotatable bonds is 5. The van der Waals surface area contributed by atoms with Crippen LogP contribution in [0.2, 0.25) is 0 Å². The third-order valence-electron chi connectivity index (χ3n) is 4.67. The van der Waals surface area contributed by atoms with Crippen LogP contribution in [0.4, 0.5) is 26.2 Å². The first kappa shape index (κ1) is 22.3. The van der Waals surface area contributed by atoms with Crippen LogP contribution in [0.1, 0.15) is 15.9 Å². The Bertz CT molecular complexity index is 1220. The number of fused-ring (bicyclic) bond motifs is 1. The summed E-state index contributed by atoms with van der Waals surface area (Å²) in [6, 6.07) is 10.3. The highest BCUT2D eigenvalue weighted by atomic mass is 79.9. The van der Waals surface area contributed by atoms with Crippen molar-refractivity contribution in [2.45, 2.75) is 10.6 Å². The number of hydrogen-bond acceptors (Lipinski definition) is 6. The molecule has 2 heterocycles. The number of anilines is 3. The lowest BCUT2D eigenvalue weighted by molar-refractivity contribution is -0.117. The lowest BCUT2D eigenvalue weighted by Crippen LogP contribution is -2.43. The van der Waals surface area contributed by atoms with E-state index in [2.05, 4.69) is 31.3 Å². The first-order chi connectivity index (χ1) is 15.4. The summed E-state index contributed by atoms with van der Waals surface area (Å²) in [5.74, 6) is -1.94. The van der Waals surface area contributed by atoms with Crippen molar-refractivity contribution in [3.8, 4) is 0 Å². The molecule has 1 aromatic heterocycles. The lowest BCUT2D eigenvalue weighted by atomic mass is 9.97. The molecule has 0 bridgehead atoms. The van der Waals surface area contributed by atoms with Crippen molar-refractivity contribution >= 4 is 74.1 Å². The minimum atomic E-state index is -0.801. The van der Waals surface area contributed by atoms with Gasteiger partial charge in [0.25, 0.3) is 5.91 Å². The van der Waals surface area contributed by atoms with Crippen molar-refractivity contribution < 1.29 is 18.8 Å². The fourth-order valence-corrected chi connectivity index (χ4v) is 5.08. The van der Waals surface area contributed by atoms with Gasteiger partial charge >= 0.3 is 6.03 Å². The zero-order chi connectivity index (χ0) is 22.8. The molecule has 4 amide bonds. The van der Waals surface area contributed by atoms with Crippen LogP contribution in [0.5, 0.6) is 0 Å². The molecule has 32 heavy (non-hydrogen) atoms. The van der Waals surface area contributed by atoms with Gasteiger partial charge in [-0.2, -0.15) is 0 Å². The molecule has 1 aliphatic rings. The molecule has 0 saturated heterocycles. The summed E-state index contributed by atoms with van der Waals surface area (Å²) in [6.45, 7) is 0. The number of urea groups is 1. The Hall–Kier alpha value is -2.89. The molecule has 0 unspecified atom stereocenters. The van der Waals surface area contributed by atoms with Crippen molar-refractivity contribution in [3.63, 3.8) is 0 Å². The van der Waals surface area contributed by atoms with Gasteiger partial charge in [0.15, 0.2) is 0 Å². The highest BCUT2D eigenvalue weighted by molar-refractivity contribution is 9.10. The maximum atomic E-state index is 14.9. The van der Waals surface area contributed by atoms with Gasteiger partial charge in [-0.1, -0.05) is 6.07 Å². The molecule has 1 aliphatic heterocycles. The Morgan fingerprint density at radius 2 is 2.03 bits per heavy atom. The van der Waals surface area contributed by atoms with Crippen LogP contribution in [0.3, 0.4) is 0 Å². The highest BCUT2D eigenvalue weighted by Gasteiger charge is 2.34. The predicted molar refractivity (Wildman–Crippen MR) is 128 cm³/mol. The van der Waals surface area contributed by atoms with E-state index in [1.165, 1.54) is 23.5 Å². The number of thiophene rings is 1. The fraction of sp³-hybridized carbons (Fsp3) is 0.0952. The average molecular weight is 535 g/mol. The third kappa shape index (κ3) is 4.50. The zero-order valence-corrected chi connectivity index (χ0v) is 19.8. The van der Waals surface area contributed by atoms with Crippen LogP contribution >= 0.6 is 39.2 Å². The molecule has 0 atom stereocenters. The Morgan fingerprint density at radius 1 is 1.22 bits per heavy atom. The first-order valence-electron chi connectivity index (χ1n) is 9.31. The van der Waals surface area contributed by atoms with E-state index in [-0.39, 0.29) is 17.8 Å². The van der Waals surface area contributed by atoms with Gasteiger partial charge in [-0.25, -0.2) is 14.1 Å². The molecule has 7 nitrogen and oxygen atoms in total. The summed E-state index contributed by atoms with van der Waals surface area (Å²) >= 11 is 6.00. The second-order valence-electron chi connectivity index (χ2n) is 6.71. The van der Waals surface area contributed by atoms with Gasteiger partial charge in [-0.15, -0.1) is 11.3 Å². The van der Waals surface area contributed by atoms with E-state index >= 15 is 0 Å². The average Bonchev–Trinajstić information content (AvgIpc) is 3.28. The van der Waals surface area contributed by atoms with Crippen LogP contribution < -0.4 is 20.3 Å². The Labute approximate surface area is 199 Å². The summed E-state index contributed by atoms with van der Waals surface area (Å²) in [6.07, 6.45) is -0.0369. The van der Waals surface area contributed by atoms with Gasteiger partial charge in [0.05, 0.1) is 16.3 Å². The van der Waals surface area contributed by atoms with Crippen molar-refractivity contribution in [3.05, 3.63) is 69.3 Å². The third-order valence-corrected chi connectivity index (χ3v) is 7.15. The van der Waals surface area contributed by atoms with E-state index in [0.717, 1.165) is 32.8 Å². The molecule has 3 aromatic rings. The summed E-state index contributed by atoms with van der Waals surface area (Å²) in [4.78, 5) is 38.6. The topological polar surface area (TPSA) is 90.5 Å². The van der Waals surface area contributed by atoms with Crippen molar-refractivity contribution in [1.82, 2.24) is 4.72 Å². The van der Waals surface area contributed by atoms with Gasteiger partial charge < -0.3 is 10.6 Å². The predicted octanol–water partition coefficient (Wildman–Crippen LogP) is 5.25. The van der Waals surface area contributed by atoms with Crippen LogP contribution in [0.25, 0.3) is 0 Å². The molecule has 3 N–H and O–H groups in total. The highest BCUT2D eigenvalue weighted by Crippen LogP contribution is 2.33. The summed E-state index contributed by atoms with van der Waals surface area (Å²) in [5, 5.41) is 7.39. The monoisotopic (exact) mass is 534 g/mol. The molecule has 0 fully saturated rings. The second kappa shape index (κ2) is 9.31. The molecular weight excluding hydrogens is 519 g/mol. The normalized spacial score (nSPS) is 13.0. The minimum Gasteiger partial charge on any atom is -0.387 e. The SMILES string of the molecule is CNc1cc2c(cc1Br)C(=O)N(c1ccc(NC(=O)NSc3cccs3)cc1F)C(=O)C2. The van der Waals surface area contributed by atoms with Crippen molar-refractivity contribution in [2.24, 2.45) is 0 Å². The number of nitrogens with one attached hydrogen (secondary N) is 3. The van der Waals surface area contributed by atoms with E-state index in [1.807, 2.05) is 17.5 Å². The quantitative estimate of drug-likeness (QED) is 0.307. The van der Waals surface area contributed by atoms with E-state index in [9.17, 15) is 18.8 Å². The lowest BCUT2D eigenvalue weighted by Gasteiger charge is -2.28. The standard InChI is InChI=1S/C21H16BrFN4O3S2/c1-24-16-7-11-8-18(28)27(20(29)13(11)10-14(16)22)17-5-4-12(9-15(17)23)25-21(30)26-32-19-3-2-6-31-19/h2-7,9-10,24H,8H2,1H3,(H2,25,26,30).